The standard InChI is InChI=1S/C14H24BrNO/c1-14(8-3-2-4-9-14)13(17)16(11-10-15)12-6-5-7-12/h12H,2-11H2,1H3. The summed E-state index contributed by atoms with van der Waals surface area (Å²) in [5.74, 6) is 0.432. The van der Waals surface area contributed by atoms with Crippen molar-refractivity contribution >= 4 is 21.8 Å². The van der Waals surface area contributed by atoms with Crippen LogP contribution in [-0.4, -0.2) is 28.7 Å². The Morgan fingerprint density at radius 3 is 2.35 bits per heavy atom. The summed E-state index contributed by atoms with van der Waals surface area (Å²) < 4.78 is 0. The monoisotopic (exact) mass is 301 g/mol. The van der Waals surface area contributed by atoms with E-state index in [1.165, 1.54) is 38.5 Å². The van der Waals surface area contributed by atoms with E-state index in [9.17, 15) is 4.79 Å². The quantitative estimate of drug-likeness (QED) is 0.725. The van der Waals surface area contributed by atoms with E-state index in [-0.39, 0.29) is 5.41 Å². The van der Waals surface area contributed by atoms with E-state index in [4.69, 9.17) is 0 Å². The maximum absolute atomic E-state index is 12.7. The van der Waals surface area contributed by atoms with Gasteiger partial charge < -0.3 is 4.90 Å². The van der Waals surface area contributed by atoms with Crippen LogP contribution in [0.15, 0.2) is 0 Å². The van der Waals surface area contributed by atoms with Gasteiger partial charge in [0.15, 0.2) is 0 Å². The highest BCUT2D eigenvalue weighted by atomic mass is 79.9. The molecule has 0 aliphatic heterocycles. The Balaban J connectivity index is 2.03. The summed E-state index contributed by atoms with van der Waals surface area (Å²) in [4.78, 5) is 14.9. The number of carbonyl (C=O) groups excluding carboxylic acids is 1. The van der Waals surface area contributed by atoms with Crippen molar-refractivity contribution < 1.29 is 4.79 Å². The molecule has 17 heavy (non-hydrogen) atoms. The van der Waals surface area contributed by atoms with Crippen molar-refractivity contribution in [2.24, 2.45) is 5.41 Å². The molecule has 0 heterocycles. The normalized spacial score (nSPS) is 24.1. The van der Waals surface area contributed by atoms with Gasteiger partial charge in [-0.2, -0.15) is 0 Å². The Hall–Kier alpha value is -0.0500. The number of halogens is 1. The molecule has 2 aliphatic rings. The largest absolute Gasteiger partial charge is 0.338 e. The highest BCUT2D eigenvalue weighted by molar-refractivity contribution is 9.09. The van der Waals surface area contributed by atoms with E-state index in [2.05, 4.69) is 27.8 Å². The average Bonchev–Trinajstić information content (AvgIpc) is 2.26. The van der Waals surface area contributed by atoms with Gasteiger partial charge in [-0.15, -0.1) is 0 Å². The van der Waals surface area contributed by atoms with E-state index < -0.39 is 0 Å². The lowest BCUT2D eigenvalue weighted by Crippen LogP contribution is -2.51. The molecule has 0 radical (unpaired) electrons. The molecule has 2 aliphatic carbocycles. The molecule has 0 atom stereocenters. The van der Waals surface area contributed by atoms with Gasteiger partial charge >= 0.3 is 0 Å². The van der Waals surface area contributed by atoms with Gasteiger partial charge in [-0.05, 0) is 32.1 Å². The van der Waals surface area contributed by atoms with Crippen LogP contribution in [0.2, 0.25) is 0 Å². The molecule has 0 aromatic rings. The zero-order valence-electron chi connectivity index (χ0n) is 10.9. The van der Waals surface area contributed by atoms with Crippen molar-refractivity contribution in [3.63, 3.8) is 0 Å². The van der Waals surface area contributed by atoms with Crippen molar-refractivity contribution in [1.82, 2.24) is 4.90 Å². The van der Waals surface area contributed by atoms with Crippen LogP contribution >= 0.6 is 15.9 Å². The van der Waals surface area contributed by atoms with Crippen molar-refractivity contribution in [1.29, 1.82) is 0 Å². The second kappa shape index (κ2) is 5.73. The van der Waals surface area contributed by atoms with Crippen LogP contribution in [0, 0.1) is 5.41 Å². The Morgan fingerprint density at radius 2 is 1.88 bits per heavy atom. The van der Waals surface area contributed by atoms with E-state index in [0.29, 0.717) is 11.9 Å². The number of amides is 1. The first kappa shape index (κ1) is 13.4. The molecular weight excluding hydrogens is 278 g/mol. The van der Waals surface area contributed by atoms with Gasteiger partial charge in [0.2, 0.25) is 5.91 Å². The number of hydrogen-bond donors (Lipinski definition) is 0. The predicted octanol–water partition coefficient (Wildman–Crippen LogP) is 3.73. The first-order chi connectivity index (χ1) is 8.17. The first-order valence-electron chi connectivity index (χ1n) is 7.04. The molecule has 0 aromatic heterocycles. The Labute approximate surface area is 113 Å². The fourth-order valence-corrected chi connectivity index (χ4v) is 3.51. The number of carbonyl (C=O) groups is 1. The van der Waals surface area contributed by atoms with Crippen LogP contribution in [0.25, 0.3) is 0 Å². The molecule has 2 fully saturated rings. The minimum Gasteiger partial charge on any atom is -0.338 e. The fourth-order valence-electron chi connectivity index (χ4n) is 3.13. The SMILES string of the molecule is CC1(C(=O)N(CCBr)C2CCC2)CCCCC1. The number of nitrogens with zero attached hydrogens (tertiary/aromatic N) is 1. The Kier molecular flexibility index (Phi) is 4.51. The minimum absolute atomic E-state index is 0.0595. The van der Waals surface area contributed by atoms with Crippen LogP contribution in [0.3, 0.4) is 0 Å². The summed E-state index contributed by atoms with van der Waals surface area (Å²) in [5.41, 5.74) is -0.0595. The van der Waals surface area contributed by atoms with Gasteiger partial charge in [0.25, 0.3) is 0 Å². The van der Waals surface area contributed by atoms with Crippen molar-refractivity contribution in [3.05, 3.63) is 0 Å². The van der Waals surface area contributed by atoms with Crippen LogP contribution in [0.1, 0.15) is 58.3 Å². The molecule has 0 aromatic carbocycles. The molecule has 0 saturated heterocycles. The Bertz CT molecular complexity index is 269. The zero-order chi connectivity index (χ0) is 12.3. The van der Waals surface area contributed by atoms with Crippen molar-refractivity contribution in [3.8, 4) is 0 Å². The molecule has 3 heteroatoms. The van der Waals surface area contributed by atoms with Gasteiger partial charge in [-0.3, -0.25) is 4.79 Å². The highest BCUT2D eigenvalue weighted by Crippen LogP contribution is 2.39. The van der Waals surface area contributed by atoms with Crippen LogP contribution in [-0.2, 0) is 4.79 Å². The lowest BCUT2D eigenvalue weighted by atomic mass is 9.74. The first-order valence-corrected chi connectivity index (χ1v) is 8.16. The lowest BCUT2D eigenvalue weighted by molar-refractivity contribution is -0.147. The van der Waals surface area contributed by atoms with Gasteiger partial charge in [0.1, 0.15) is 0 Å². The second-order valence-electron chi connectivity index (χ2n) is 5.89. The topological polar surface area (TPSA) is 20.3 Å². The van der Waals surface area contributed by atoms with E-state index in [1.807, 2.05) is 0 Å². The minimum atomic E-state index is -0.0595. The van der Waals surface area contributed by atoms with Crippen molar-refractivity contribution in [2.75, 3.05) is 11.9 Å². The molecule has 98 valence electrons. The molecule has 2 rings (SSSR count). The third-order valence-electron chi connectivity index (χ3n) is 4.58. The number of hydrogen-bond acceptors (Lipinski definition) is 1. The fraction of sp³-hybridized carbons (Fsp3) is 0.929. The van der Waals surface area contributed by atoms with Crippen molar-refractivity contribution in [2.45, 2.75) is 64.3 Å². The summed E-state index contributed by atoms with van der Waals surface area (Å²) in [7, 11) is 0. The molecule has 1 amide bonds. The summed E-state index contributed by atoms with van der Waals surface area (Å²) in [6, 6.07) is 0.541. The maximum atomic E-state index is 12.7. The lowest BCUT2D eigenvalue weighted by Gasteiger charge is -2.43. The smallest absolute Gasteiger partial charge is 0.228 e. The van der Waals surface area contributed by atoms with Gasteiger partial charge in [-0.1, -0.05) is 42.1 Å². The summed E-state index contributed by atoms with van der Waals surface area (Å²) in [6.45, 7) is 3.08. The number of alkyl halides is 1. The van der Waals surface area contributed by atoms with E-state index >= 15 is 0 Å². The summed E-state index contributed by atoms with van der Waals surface area (Å²) in [6.07, 6.45) is 9.70. The Morgan fingerprint density at radius 1 is 1.24 bits per heavy atom. The van der Waals surface area contributed by atoms with Gasteiger partial charge in [0, 0.05) is 23.3 Å². The average molecular weight is 302 g/mol. The van der Waals surface area contributed by atoms with Gasteiger partial charge in [-0.25, -0.2) is 0 Å². The van der Waals surface area contributed by atoms with Gasteiger partial charge in [0.05, 0.1) is 0 Å². The van der Waals surface area contributed by atoms with E-state index in [0.717, 1.165) is 24.7 Å². The zero-order valence-corrected chi connectivity index (χ0v) is 12.5. The maximum Gasteiger partial charge on any atom is 0.228 e. The predicted molar refractivity (Wildman–Crippen MR) is 74.3 cm³/mol. The van der Waals surface area contributed by atoms with Crippen LogP contribution in [0.5, 0.6) is 0 Å². The molecule has 0 bridgehead atoms. The highest BCUT2D eigenvalue weighted by Gasteiger charge is 2.40. The number of rotatable bonds is 4. The van der Waals surface area contributed by atoms with Crippen LogP contribution in [0.4, 0.5) is 0 Å². The molecular formula is C14H24BrNO. The molecule has 0 spiro atoms. The van der Waals surface area contributed by atoms with Crippen LogP contribution < -0.4 is 0 Å². The van der Waals surface area contributed by atoms with E-state index in [1.54, 1.807) is 0 Å². The summed E-state index contributed by atoms with van der Waals surface area (Å²) >= 11 is 3.49. The summed E-state index contributed by atoms with van der Waals surface area (Å²) in [5, 5.41) is 0.908. The molecule has 2 saturated carbocycles. The third kappa shape index (κ3) is 2.86. The third-order valence-corrected chi connectivity index (χ3v) is 4.93. The second-order valence-corrected chi connectivity index (χ2v) is 6.69. The molecule has 2 nitrogen and oxygen atoms in total. The molecule has 0 N–H and O–H groups in total. The molecule has 0 unspecified atom stereocenters.